The van der Waals surface area contributed by atoms with Crippen molar-refractivity contribution in [3.63, 3.8) is 0 Å². The Kier molecular flexibility index (Phi) is 3.37. The number of aromatic nitrogens is 3. The van der Waals surface area contributed by atoms with Crippen LogP contribution in [0.2, 0.25) is 0 Å². The number of nitrogens with one attached hydrogen (secondary N) is 1. The number of hydrogen-bond donors (Lipinski definition) is 1. The first-order valence-corrected chi connectivity index (χ1v) is 8.16. The van der Waals surface area contributed by atoms with Crippen LogP contribution in [0.15, 0.2) is 48.5 Å². The molecule has 23 heavy (non-hydrogen) atoms. The van der Waals surface area contributed by atoms with Crippen LogP contribution in [0.1, 0.15) is 31.9 Å². The lowest BCUT2D eigenvalue weighted by Crippen LogP contribution is -2.11. The van der Waals surface area contributed by atoms with E-state index in [1.54, 1.807) is 0 Å². The Balaban J connectivity index is 2.05. The van der Waals surface area contributed by atoms with Crippen molar-refractivity contribution in [3.05, 3.63) is 54.1 Å². The van der Waals surface area contributed by atoms with E-state index in [2.05, 4.69) is 82.7 Å². The molecule has 1 aromatic heterocycles. The molecule has 1 atom stereocenters. The number of rotatable bonds is 2. The first-order chi connectivity index (χ1) is 11.3. The molecule has 0 aliphatic carbocycles. The highest BCUT2D eigenvalue weighted by Gasteiger charge is 2.24. The summed E-state index contributed by atoms with van der Waals surface area (Å²) in [5.74, 6) is 0. The van der Waals surface area contributed by atoms with E-state index in [9.17, 15) is 0 Å². The lowest BCUT2D eigenvalue weighted by molar-refractivity contribution is 0.469. The third kappa shape index (κ3) is 2.22. The molecule has 0 amide bonds. The Morgan fingerprint density at radius 1 is 1.09 bits per heavy atom. The zero-order valence-corrected chi connectivity index (χ0v) is 13.5. The minimum absolute atomic E-state index is 0.311. The molecule has 0 saturated carbocycles. The van der Waals surface area contributed by atoms with Gasteiger partial charge in [0.1, 0.15) is 5.69 Å². The Bertz CT molecular complexity index is 850. The second-order valence-corrected chi connectivity index (χ2v) is 6.04. The number of hydrogen-bond acceptors (Lipinski definition) is 3. The Morgan fingerprint density at radius 2 is 1.83 bits per heavy atom. The molecule has 0 radical (unpaired) electrons. The van der Waals surface area contributed by atoms with E-state index < -0.39 is 0 Å². The SMILES string of the molecule is CCC(C)n1nnc2c1-c1ccccc1NCc1ccccc1-2. The molecule has 4 rings (SSSR count). The van der Waals surface area contributed by atoms with E-state index >= 15 is 0 Å². The molecule has 2 heterocycles. The smallest absolute Gasteiger partial charge is 0.121 e. The van der Waals surface area contributed by atoms with Crippen molar-refractivity contribution < 1.29 is 0 Å². The van der Waals surface area contributed by atoms with Gasteiger partial charge in [-0.05, 0) is 25.0 Å². The van der Waals surface area contributed by atoms with Crippen molar-refractivity contribution in [2.75, 3.05) is 5.32 Å². The van der Waals surface area contributed by atoms with Crippen molar-refractivity contribution in [2.24, 2.45) is 0 Å². The fourth-order valence-corrected chi connectivity index (χ4v) is 3.15. The Hall–Kier alpha value is -2.62. The van der Waals surface area contributed by atoms with Gasteiger partial charge in [-0.2, -0.15) is 0 Å². The quantitative estimate of drug-likeness (QED) is 0.757. The van der Waals surface area contributed by atoms with Gasteiger partial charge >= 0.3 is 0 Å². The van der Waals surface area contributed by atoms with E-state index in [1.807, 2.05) is 0 Å². The van der Waals surface area contributed by atoms with Gasteiger partial charge in [0.25, 0.3) is 0 Å². The molecule has 2 aromatic carbocycles. The molecular weight excluding hydrogens is 284 g/mol. The van der Waals surface area contributed by atoms with E-state index in [0.717, 1.165) is 30.0 Å². The fraction of sp³-hybridized carbons (Fsp3) is 0.263. The average Bonchev–Trinajstić information content (AvgIpc) is 3.02. The molecule has 1 N–H and O–H groups in total. The molecule has 0 bridgehead atoms. The largest absolute Gasteiger partial charge is 0.380 e. The summed E-state index contributed by atoms with van der Waals surface area (Å²) in [6.45, 7) is 5.16. The van der Waals surface area contributed by atoms with Gasteiger partial charge in [-0.15, -0.1) is 5.10 Å². The topological polar surface area (TPSA) is 42.7 Å². The van der Waals surface area contributed by atoms with Crippen LogP contribution in [-0.2, 0) is 6.54 Å². The summed E-state index contributed by atoms with van der Waals surface area (Å²) in [5, 5.41) is 12.6. The van der Waals surface area contributed by atoms with Crippen LogP contribution in [0.5, 0.6) is 0 Å². The number of benzene rings is 2. The van der Waals surface area contributed by atoms with Crippen LogP contribution in [-0.4, -0.2) is 15.0 Å². The van der Waals surface area contributed by atoms with Gasteiger partial charge in [-0.1, -0.05) is 54.6 Å². The van der Waals surface area contributed by atoms with Gasteiger partial charge in [0.2, 0.25) is 0 Å². The van der Waals surface area contributed by atoms with Crippen molar-refractivity contribution in [1.82, 2.24) is 15.0 Å². The highest BCUT2D eigenvalue weighted by molar-refractivity contribution is 5.87. The number of anilines is 1. The molecule has 0 spiro atoms. The summed E-state index contributed by atoms with van der Waals surface area (Å²) in [6.07, 6.45) is 1.02. The fourth-order valence-electron chi connectivity index (χ4n) is 3.15. The maximum atomic E-state index is 4.55. The Morgan fingerprint density at radius 3 is 2.65 bits per heavy atom. The molecule has 1 unspecified atom stereocenters. The molecule has 0 fully saturated rings. The van der Waals surface area contributed by atoms with Crippen molar-refractivity contribution in [3.8, 4) is 22.5 Å². The zero-order chi connectivity index (χ0) is 15.8. The molecule has 0 saturated heterocycles. The zero-order valence-electron chi connectivity index (χ0n) is 13.5. The predicted octanol–water partition coefficient (Wildman–Crippen LogP) is 4.51. The van der Waals surface area contributed by atoms with Gasteiger partial charge in [0.05, 0.1) is 11.7 Å². The van der Waals surface area contributed by atoms with E-state index in [0.29, 0.717) is 6.04 Å². The van der Waals surface area contributed by atoms with E-state index in [4.69, 9.17) is 0 Å². The van der Waals surface area contributed by atoms with Crippen LogP contribution < -0.4 is 5.32 Å². The van der Waals surface area contributed by atoms with E-state index in [1.165, 1.54) is 16.7 Å². The summed E-state index contributed by atoms with van der Waals surface area (Å²) in [5.41, 5.74) is 6.81. The standard InChI is InChI=1S/C19H20N4/c1-3-13(2)23-19-16-10-6-7-11-17(16)20-12-14-8-4-5-9-15(14)18(19)21-22-23/h4-11,13,20H,3,12H2,1-2H3. The second-order valence-electron chi connectivity index (χ2n) is 6.04. The van der Waals surface area contributed by atoms with Crippen LogP contribution in [0.4, 0.5) is 5.69 Å². The minimum Gasteiger partial charge on any atom is -0.380 e. The van der Waals surface area contributed by atoms with Gasteiger partial charge in [-0.25, -0.2) is 4.68 Å². The minimum atomic E-state index is 0.311. The molecule has 4 heteroatoms. The summed E-state index contributed by atoms with van der Waals surface area (Å²) >= 11 is 0. The van der Waals surface area contributed by atoms with Crippen LogP contribution >= 0.6 is 0 Å². The molecule has 1 aliphatic heterocycles. The first kappa shape index (κ1) is 14.0. The van der Waals surface area contributed by atoms with Gasteiger partial charge < -0.3 is 5.32 Å². The summed E-state index contributed by atoms with van der Waals surface area (Å²) in [4.78, 5) is 0. The second kappa shape index (κ2) is 5.54. The predicted molar refractivity (Wildman–Crippen MR) is 93.2 cm³/mol. The maximum Gasteiger partial charge on any atom is 0.121 e. The van der Waals surface area contributed by atoms with E-state index in [-0.39, 0.29) is 0 Å². The number of nitrogens with zero attached hydrogens (tertiary/aromatic N) is 3. The molecule has 4 nitrogen and oxygen atoms in total. The van der Waals surface area contributed by atoms with Crippen LogP contribution in [0, 0.1) is 0 Å². The monoisotopic (exact) mass is 304 g/mol. The molecule has 116 valence electrons. The maximum absolute atomic E-state index is 4.55. The van der Waals surface area contributed by atoms with Crippen molar-refractivity contribution in [1.29, 1.82) is 0 Å². The lowest BCUT2D eigenvalue weighted by Gasteiger charge is -2.20. The number of fused-ring (bicyclic) bond motifs is 5. The van der Waals surface area contributed by atoms with Crippen LogP contribution in [0.3, 0.4) is 0 Å². The van der Waals surface area contributed by atoms with Gasteiger partial charge in [-0.3, -0.25) is 0 Å². The highest BCUT2D eigenvalue weighted by Crippen LogP contribution is 2.39. The molecule has 1 aliphatic rings. The van der Waals surface area contributed by atoms with Crippen molar-refractivity contribution in [2.45, 2.75) is 32.9 Å². The summed E-state index contributed by atoms with van der Waals surface area (Å²) in [6, 6.07) is 17.2. The van der Waals surface area contributed by atoms with Gasteiger partial charge in [0, 0.05) is 23.4 Å². The highest BCUT2D eigenvalue weighted by atomic mass is 15.4. The third-order valence-corrected chi connectivity index (χ3v) is 4.63. The third-order valence-electron chi connectivity index (χ3n) is 4.63. The Labute approximate surface area is 136 Å². The summed E-state index contributed by atoms with van der Waals surface area (Å²) in [7, 11) is 0. The van der Waals surface area contributed by atoms with Crippen LogP contribution in [0.25, 0.3) is 22.5 Å². The average molecular weight is 304 g/mol. The normalized spacial score (nSPS) is 13.8. The van der Waals surface area contributed by atoms with Crippen molar-refractivity contribution >= 4 is 5.69 Å². The first-order valence-electron chi connectivity index (χ1n) is 8.16. The number of para-hydroxylation sites is 1. The lowest BCUT2D eigenvalue weighted by atomic mass is 9.96. The molecule has 3 aromatic rings. The molecular formula is C19H20N4. The van der Waals surface area contributed by atoms with Gasteiger partial charge in [0.15, 0.2) is 0 Å². The summed E-state index contributed by atoms with van der Waals surface area (Å²) < 4.78 is 2.07.